The van der Waals surface area contributed by atoms with E-state index in [0.717, 1.165) is 30.9 Å². The van der Waals surface area contributed by atoms with E-state index in [1.54, 1.807) is 0 Å². The summed E-state index contributed by atoms with van der Waals surface area (Å²) in [5.41, 5.74) is 0. The van der Waals surface area contributed by atoms with Gasteiger partial charge in [0.2, 0.25) is 0 Å². The highest BCUT2D eigenvalue weighted by Crippen LogP contribution is 2.15. The predicted molar refractivity (Wildman–Crippen MR) is 104 cm³/mol. The number of likely N-dealkylation sites (tertiary alicyclic amines) is 1. The average molecular weight is 410 g/mol. The molecular weight excluding hydrogens is 375 g/mol. The minimum Gasteiger partial charge on any atom is -0.356 e. The van der Waals surface area contributed by atoms with Crippen LogP contribution in [0.3, 0.4) is 0 Å². The Morgan fingerprint density at radius 1 is 1.33 bits per heavy atom. The van der Waals surface area contributed by atoms with Gasteiger partial charge in [0, 0.05) is 26.7 Å². The molecule has 4 nitrogen and oxygen atoms in total. The zero-order valence-electron chi connectivity index (χ0n) is 14.3. The Balaban J connectivity index is 0.00000400. The standard InChI is InChI=1S/C16H34N4.HI/c1-5-10-20-11-8-15(13-20)12-19-16(17-4)18-9-6-7-14(2)3;/h14-15H,5-13H2,1-4H3,(H2,17,18,19);1H. The highest BCUT2D eigenvalue weighted by molar-refractivity contribution is 14.0. The normalized spacial score (nSPS) is 19.7. The van der Waals surface area contributed by atoms with Crippen LogP contribution in [0.4, 0.5) is 0 Å². The first-order valence-corrected chi connectivity index (χ1v) is 8.32. The summed E-state index contributed by atoms with van der Waals surface area (Å²) >= 11 is 0. The van der Waals surface area contributed by atoms with Crippen LogP contribution in [-0.2, 0) is 0 Å². The molecule has 1 saturated heterocycles. The van der Waals surface area contributed by atoms with Crippen molar-refractivity contribution in [1.82, 2.24) is 15.5 Å². The highest BCUT2D eigenvalue weighted by Gasteiger charge is 2.21. The maximum atomic E-state index is 4.30. The lowest BCUT2D eigenvalue weighted by atomic mass is 10.1. The Morgan fingerprint density at radius 3 is 2.71 bits per heavy atom. The van der Waals surface area contributed by atoms with Gasteiger partial charge in [-0.2, -0.15) is 0 Å². The molecule has 0 aromatic heterocycles. The van der Waals surface area contributed by atoms with Gasteiger partial charge in [-0.1, -0.05) is 20.8 Å². The summed E-state index contributed by atoms with van der Waals surface area (Å²) in [5.74, 6) is 2.52. The summed E-state index contributed by atoms with van der Waals surface area (Å²) in [6, 6.07) is 0. The first-order valence-electron chi connectivity index (χ1n) is 8.32. The molecule has 1 atom stereocenters. The van der Waals surface area contributed by atoms with Crippen molar-refractivity contribution >= 4 is 29.9 Å². The van der Waals surface area contributed by atoms with E-state index in [1.165, 1.54) is 45.3 Å². The lowest BCUT2D eigenvalue weighted by Gasteiger charge is -2.17. The first-order chi connectivity index (χ1) is 9.65. The molecule has 2 N–H and O–H groups in total. The van der Waals surface area contributed by atoms with Gasteiger partial charge in [0.1, 0.15) is 0 Å². The van der Waals surface area contributed by atoms with Crippen molar-refractivity contribution in [1.29, 1.82) is 0 Å². The molecule has 1 aliphatic heterocycles. The molecular formula is C16H35IN4. The third-order valence-electron chi connectivity index (χ3n) is 3.94. The summed E-state index contributed by atoms with van der Waals surface area (Å²) in [7, 11) is 1.86. The van der Waals surface area contributed by atoms with E-state index in [1.807, 2.05) is 7.05 Å². The van der Waals surface area contributed by atoms with E-state index >= 15 is 0 Å². The number of nitrogens with one attached hydrogen (secondary N) is 2. The minimum atomic E-state index is 0. The van der Waals surface area contributed by atoms with Crippen molar-refractivity contribution in [2.75, 3.05) is 39.8 Å². The van der Waals surface area contributed by atoms with Crippen LogP contribution in [0.5, 0.6) is 0 Å². The van der Waals surface area contributed by atoms with E-state index in [9.17, 15) is 0 Å². The van der Waals surface area contributed by atoms with Gasteiger partial charge in [0.05, 0.1) is 0 Å². The van der Waals surface area contributed by atoms with Crippen molar-refractivity contribution in [3.05, 3.63) is 0 Å². The molecule has 1 rings (SSSR count). The lowest BCUT2D eigenvalue weighted by Crippen LogP contribution is -2.40. The molecule has 0 radical (unpaired) electrons. The van der Waals surface area contributed by atoms with Crippen LogP contribution in [0, 0.1) is 11.8 Å². The smallest absolute Gasteiger partial charge is 0.190 e. The molecule has 1 aliphatic rings. The van der Waals surface area contributed by atoms with Gasteiger partial charge in [-0.15, -0.1) is 24.0 Å². The van der Waals surface area contributed by atoms with Gasteiger partial charge in [-0.05, 0) is 50.6 Å². The summed E-state index contributed by atoms with van der Waals surface area (Å²) in [6.45, 7) is 12.6. The number of hydrogen-bond acceptors (Lipinski definition) is 2. The fourth-order valence-electron chi connectivity index (χ4n) is 2.78. The molecule has 0 spiro atoms. The van der Waals surface area contributed by atoms with Crippen molar-refractivity contribution < 1.29 is 0 Å². The fraction of sp³-hybridized carbons (Fsp3) is 0.938. The SMILES string of the molecule is CCCN1CCC(CNC(=NC)NCCCC(C)C)C1.I. The molecule has 0 aromatic carbocycles. The van der Waals surface area contributed by atoms with Gasteiger partial charge >= 0.3 is 0 Å². The Kier molecular flexibility index (Phi) is 12.5. The zero-order valence-corrected chi connectivity index (χ0v) is 16.7. The molecule has 0 aliphatic carbocycles. The van der Waals surface area contributed by atoms with E-state index in [0.29, 0.717) is 0 Å². The molecule has 0 amide bonds. The molecule has 21 heavy (non-hydrogen) atoms. The van der Waals surface area contributed by atoms with Gasteiger partial charge in [0.25, 0.3) is 0 Å². The number of halogens is 1. The summed E-state index contributed by atoms with van der Waals surface area (Å²) < 4.78 is 0. The second-order valence-electron chi connectivity index (χ2n) is 6.37. The quantitative estimate of drug-likeness (QED) is 0.280. The maximum absolute atomic E-state index is 4.30. The van der Waals surface area contributed by atoms with Crippen molar-refractivity contribution in [2.24, 2.45) is 16.8 Å². The zero-order chi connectivity index (χ0) is 14.8. The van der Waals surface area contributed by atoms with Crippen LogP contribution < -0.4 is 10.6 Å². The molecule has 0 aromatic rings. The minimum absolute atomic E-state index is 0. The molecule has 1 unspecified atom stereocenters. The Bertz CT molecular complexity index is 281. The second kappa shape index (κ2) is 12.5. The molecule has 126 valence electrons. The van der Waals surface area contributed by atoms with Crippen LogP contribution >= 0.6 is 24.0 Å². The van der Waals surface area contributed by atoms with Gasteiger partial charge in [-0.3, -0.25) is 4.99 Å². The number of nitrogens with zero attached hydrogens (tertiary/aromatic N) is 2. The molecule has 1 fully saturated rings. The van der Waals surface area contributed by atoms with Crippen molar-refractivity contribution in [3.63, 3.8) is 0 Å². The van der Waals surface area contributed by atoms with Crippen LogP contribution in [0.25, 0.3) is 0 Å². The number of hydrogen-bond donors (Lipinski definition) is 2. The largest absolute Gasteiger partial charge is 0.356 e. The van der Waals surface area contributed by atoms with Gasteiger partial charge in [-0.25, -0.2) is 0 Å². The van der Waals surface area contributed by atoms with Crippen LogP contribution in [0.1, 0.15) is 46.5 Å². The number of guanidine groups is 1. The Labute approximate surface area is 148 Å². The van der Waals surface area contributed by atoms with E-state index < -0.39 is 0 Å². The predicted octanol–water partition coefficient (Wildman–Crippen LogP) is 2.94. The topological polar surface area (TPSA) is 39.7 Å². The number of aliphatic imine (C=N–C) groups is 1. The summed E-state index contributed by atoms with van der Waals surface area (Å²) in [4.78, 5) is 6.88. The second-order valence-corrected chi connectivity index (χ2v) is 6.37. The average Bonchev–Trinajstić information content (AvgIpc) is 2.86. The maximum Gasteiger partial charge on any atom is 0.190 e. The molecule has 0 saturated carbocycles. The highest BCUT2D eigenvalue weighted by atomic mass is 127. The van der Waals surface area contributed by atoms with Crippen molar-refractivity contribution in [2.45, 2.75) is 46.5 Å². The fourth-order valence-corrected chi connectivity index (χ4v) is 2.78. The Morgan fingerprint density at radius 2 is 2.10 bits per heavy atom. The number of rotatable bonds is 8. The summed E-state index contributed by atoms with van der Waals surface area (Å²) in [6.07, 6.45) is 5.07. The van der Waals surface area contributed by atoms with Crippen LogP contribution in [-0.4, -0.2) is 50.6 Å². The summed E-state index contributed by atoms with van der Waals surface area (Å²) in [5, 5.41) is 6.88. The van der Waals surface area contributed by atoms with Crippen LogP contribution in [0.15, 0.2) is 4.99 Å². The Hall–Kier alpha value is -0.0400. The van der Waals surface area contributed by atoms with E-state index in [-0.39, 0.29) is 24.0 Å². The third-order valence-corrected chi connectivity index (χ3v) is 3.94. The van der Waals surface area contributed by atoms with Crippen molar-refractivity contribution in [3.8, 4) is 0 Å². The third kappa shape index (κ3) is 9.55. The van der Waals surface area contributed by atoms with E-state index in [2.05, 4.69) is 41.3 Å². The lowest BCUT2D eigenvalue weighted by molar-refractivity contribution is 0.324. The molecule has 5 heteroatoms. The van der Waals surface area contributed by atoms with Gasteiger partial charge in [0.15, 0.2) is 5.96 Å². The van der Waals surface area contributed by atoms with Crippen LogP contribution in [0.2, 0.25) is 0 Å². The first kappa shape index (κ1) is 21.0. The van der Waals surface area contributed by atoms with E-state index in [4.69, 9.17) is 0 Å². The van der Waals surface area contributed by atoms with Gasteiger partial charge < -0.3 is 15.5 Å². The molecule has 0 bridgehead atoms. The molecule has 1 heterocycles. The monoisotopic (exact) mass is 410 g/mol.